The number of nitrogens with zero attached hydrogens (tertiary/aromatic N) is 3. The Labute approximate surface area is 90.9 Å². The summed E-state index contributed by atoms with van der Waals surface area (Å²) < 4.78 is 0. The molecular weight excluding hydrogens is 192 g/mol. The van der Waals surface area contributed by atoms with Crippen LogP contribution in [0.3, 0.4) is 0 Å². The van der Waals surface area contributed by atoms with Gasteiger partial charge in [-0.05, 0) is 19.3 Å². The van der Waals surface area contributed by atoms with Gasteiger partial charge in [0, 0.05) is 27.2 Å². The molecule has 0 aromatic heterocycles. The van der Waals surface area contributed by atoms with Crippen molar-refractivity contribution in [1.82, 2.24) is 9.80 Å². The summed E-state index contributed by atoms with van der Waals surface area (Å²) in [4.78, 5) is 19.3. The molecule has 5 nitrogen and oxygen atoms in total. The zero-order valence-electron chi connectivity index (χ0n) is 9.57. The van der Waals surface area contributed by atoms with Gasteiger partial charge >= 0.3 is 0 Å². The van der Waals surface area contributed by atoms with E-state index >= 15 is 0 Å². The fraction of sp³-hybridized carbons (Fsp3) is 0.800. The van der Waals surface area contributed by atoms with Crippen molar-refractivity contribution in [1.29, 1.82) is 0 Å². The topological polar surface area (TPSA) is 61.9 Å². The highest BCUT2D eigenvalue weighted by Gasteiger charge is 2.15. The van der Waals surface area contributed by atoms with E-state index in [1.54, 1.807) is 4.90 Å². The number of hydrogen-bond donors (Lipinski definition) is 1. The van der Waals surface area contributed by atoms with E-state index in [-0.39, 0.29) is 12.5 Å². The summed E-state index contributed by atoms with van der Waals surface area (Å²) >= 11 is 0. The maximum atomic E-state index is 11.7. The Kier molecular flexibility index (Phi) is 4.39. The number of guanidine groups is 1. The molecule has 2 N–H and O–H groups in total. The van der Waals surface area contributed by atoms with Gasteiger partial charge in [-0.25, -0.2) is 4.99 Å². The molecule has 0 atom stereocenters. The molecule has 1 amide bonds. The molecule has 0 unspecified atom stereocenters. The molecule has 1 heterocycles. The Balaban J connectivity index is 2.37. The van der Waals surface area contributed by atoms with Gasteiger partial charge in [-0.2, -0.15) is 0 Å². The fourth-order valence-corrected chi connectivity index (χ4v) is 1.53. The van der Waals surface area contributed by atoms with Crippen LogP contribution in [-0.2, 0) is 4.79 Å². The summed E-state index contributed by atoms with van der Waals surface area (Å²) in [7, 11) is 3.62. The minimum atomic E-state index is 0.0829. The Morgan fingerprint density at radius 3 is 2.47 bits per heavy atom. The maximum Gasteiger partial charge on any atom is 0.244 e. The van der Waals surface area contributed by atoms with Gasteiger partial charge in [0.1, 0.15) is 6.54 Å². The lowest BCUT2D eigenvalue weighted by Gasteiger charge is -2.26. The van der Waals surface area contributed by atoms with Crippen LogP contribution in [-0.4, -0.2) is 55.4 Å². The number of amides is 1. The quantitative estimate of drug-likeness (QED) is 0.512. The molecule has 0 radical (unpaired) electrons. The molecule has 0 aromatic rings. The van der Waals surface area contributed by atoms with E-state index in [0.29, 0.717) is 5.96 Å². The van der Waals surface area contributed by atoms with Crippen molar-refractivity contribution >= 4 is 11.9 Å². The SMILES string of the molecule is CN(C)C(N)=NCC(=O)N1CCCCC1. The van der Waals surface area contributed by atoms with Crippen molar-refractivity contribution in [2.75, 3.05) is 33.7 Å². The molecule has 1 fully saturated rings. The number of piperidine rings is 1. The van der Waals surface area contributed by atoms with Crippen molar-refractivity contribution in [3.05, 3.63) is 0 Å². The lowest BCUT2D eigenvalue weighted by atomic mass is 10.1. The average Bonchev–Trinajstić information content (AvgIpc) is 2.26. The van der Waals surface area contributed by atoms with Crippen molar-refractivity contribution in [3.63, 3.8) is 0 Å². The van der Waals surface area contributed by atoms with Crippen LogP contribution in [0.1, 0.15) is 19.3 Å². The number of carbonyl (C=O) groups is 1. The van der Waals surface area contributed by atoms with Gasteiger partial charge in [-0.1, -0.05) is 0 Å². The predicted molar refractivity (Wildman–Crippen MR) is 60.6 cm³/mol. The average molecular weight is 212 g/mol. The van der Waals surface area contributed by atoms with Gasteiger partial charge in [0.05, 0.1) is 0 Å². The van der Waals surface area contributed by atoms with Crippen molar-refractivity contribution in [3.8, 4) is 0 Å². The Hall–Kier alpha value is -1.26. The molecule has 15 heavy (non-hydrogen) atoms. The van der Waals surface area contributed by atoms with Gasteiger partial charge in [-0.3, -0.25) is 4.79 Å². The summed E-state index contributed by atoms with van der Waals surface area (Å²) in [6.45, 7) is 1.91. The summed E-state index contributed by atoms with van der Waals surface area (Å²) in [6.07, 6.45) is 3.45. The second kappa shape index (κ2) is 5.58. The highest BCUT2D eigenvalue weighted by molar-refractivity contribution is 5.83. The Morgan fingerprint density at radius 2 is 1.93 bits per heavy atom. The van der Waals surface area contributed by atoms with E-state index in [9.17, 15) is 4.79 Å². The van der Waals surface area contributed by atoms with Crippen LogP contribution in [0.4, 0.5) is 0 Å². The largest absolute Gasteiger partial charge is 0.370 e. The molecule has 0 saturated carbocycles. The number of nitrogens with two attached hydrogens (primary N) is 1. The first-order valence-electron chi connectivity index (χ1n) is 5.36. The zero-order valence-corrected chi connectivity index (χ0v) is 9.57. The second-order valence-electron chi connectivity index (χ2n) is 4.01. The zero-order chi connectivity index (χ0) is 11.3. The van der Waals surface area contributed by atoms with E-state index in [1.807, 2.05) is 19.0 Å². The molecule has 0 aromatic carbocycles. The molecular formula is C10H20N4O. The monoisotopic (exact) mass is 212 g/mol. The first kappa shape index (κ1) is 11.8. The number of rotatable bonds is 2. The third kappa shape index (κ3) is 3.77. The summed E-state index contributed by atoms with van der Waals surface area (Å²) in [5, 5.41) is 0. The van der Waals surface area contributed by atoms with E-state index in [0.717, 1.165) is 25.9 Å². The predicted octanol–water partition coefficient (Wildman–Crippen LogP) is -0.125. The normalized spacial score (nSPS) is 17.7. The lowest BCUT2D eigenvalue weighted by molar-refractivity contribution is -0.130. The van der Waals surface area contributed by atoms with Crippen LogP contribution in [0.15, 0.2) is 4.99 Å². The van der Waals surface area contributed by atoms with Gasteiger partial charge in [0.2, 0.25) is 5.91 Å². The third-order valence-electron chi connectivity index (χ3n) is 2.54. The second-order valence-corrected chi connectivity index (χ2v) is 4.01. The highest BCUT2D eigenvalue weighted by Crippen LogP contribution is 2.08. The molecule has 0 spiro atoms. The first-order valence-corrected chi connectivity index (χ1v) is 5.36. The van der Waals surface area contributed by atoms with E-state index in [1.165, 1.54) is 6.42 Å². The third-order valence-corrected chi connectivity index (χ3v) is 2.54. The van der Waals surface area contributed by atoms with Crippen LogP contribution < -0.4 is 5.73 Å². The van der Waals surface area contributed by atoms with Crippen LogP contribution in [0.25, 0.3) is 0 Å². The Bertz CT molecular complexity index is 244. The van der Waals surface area contributed by atoms with E-state index in [2.05, 4.69) is 4.99 Å². The van der Waals surface area contributed by atoms with E-state index in [4.69, 9.17) is 5.73 Å². The standard InChI is InChI=1S/C10H20N4O/c1-13(2)10(11)12-8-9(15)14-6-4-3-5-7-14/h3-8H2,1-2H3,(H2,11,12). The molecule has 1 aliphatic rings. The van der Waals surface area contributed by atoms with Crippen LogP contribution >= 0.6 is 0 Å². The van der Waals surface area contributed by atoms with Crippen LogP contribution in [0.2, 0.25) is 0 Å². The summed E-state index contributed by atoms with van der Waals surface area (Å²) in [5.41, 5.74) is 5.60. The fourth-order valence-electron chi connectivity index (χ4n) is 1.53. The minimum Gasteiger partial charge on any atom is -0.370 e. The van der Waals surface area contributed by atoms with Gasteiger partial charge < -0.3 is 15.5 Å². The maximum absolute atomic E-state index is 11.7. The van der Waals surface area contributed by atoms with Crippen molar-refractivity contribution < 1.29 is 4.79 Å². The molecule has 1 aliphatic heterocycles. The van der Waals surface area contributed by atoms with Gasteiger partial charge in [-0.15, -0.1) is 0 Å². The number of aliphatic imine (C=N–C) groups is 1. The van der Waals surface area contributed by atoms with Crippen molar-refractivity contribution in [2.45, 2.75) is 19.3 Å². The minimum absolute atomic E-state index is 0.0829. The lowest BCUT2D eigenvalue weighted by Crippen LogP contribution is -2.38. The molecule has 1 saturated heterocycles. The van der Waals surface area contributed by atoms with Crippen molar-refractivity contribution in [2.24, 2.45) is 10.7 Å². The molecule has 5 heteroatoms. The van der Waals surface area contributed by atoms with Crippen LogP contribution in [0.5, 0.6) is 0 Å². The molecule has 1 rings (SSSR count). The van der Waals surface area contributed by atoms with Gasteiger partial charge in [0.25, 0.3) is 0 Å². The van der Waals surface area contributed by atoms with E-state index < -0.39 is 0 Å². The summed E-state index contributed by atoms with van der Waals surface area (Å²) in [6, 6.07) is 0. The molecule has 0 bridgehead atoms. The van der Waals surface area contributed by atoms with Crippen LogP contribution in [0, 0.1) is 0 Å². The molecule has 86 valence electrons. The first-order chi connectivity index (χ1) is 7.11. The number of hydrogen-bond acceptors (Lipinski definition) is 2. The van der Waals surface area contributed by atoms with Gasteiger partial charge in [0.15, 0.2) is 5.96 Å². The highest BCUT2D eigenvalue weighted by atomic mass is 16.2. The smallest absolute Gasteiger partial charge is 0.244 e. The summed E-state index contributed by atoms with van der Waals surface area (Å²) in [5.74, 6) is 0.486. The molecule has 0 aliphatic carbocycles. The number of likely N-dealkylation sites (tertiary alicyclic amines) is 1. The Morgan fingerprint density at radius 1 is 1.33 bits per heavy atom. The number of carbonyl (C=O) groups excluding carboxylic acids is 1.